The Morgan fingerprint density at radius 2 is 2.50 bits per heavy atom. The van der Waals surface area contributed by atoms with Crippen LogP contribution in [0.5, 0.6) is 0 Å². The van der Waals surface area contributed by atoms with E-state index in [0.29, 0.717) is 28.2 Å². The third-order valence-corrected chi connectivity index (χ3v) is 1.79. The van der Waals surface area contributed by atoms with Gasteiger partial charge in [0.1, 0.15) is 0 Å². The van der Waals surface area contributed by atoms with Crippen molar-refractivity contribution in [2.45, 2.75) is 6.61 Å². The van der Waals surface area contributed by atoms with Crippen molar-refractivity contribution in [3.05, 3.63) is 11.4 Å². The Balaban J connectivity index is 3.01. The molecule has 0 aromatic carbocycles. The van der Waals surface area contributed by atoms with Gasteiger partial charge in [0.05, 0.1) is 0 Å². The molecule has 0 spiro atoms. The molecule has 0 aliphatic heterocycles. The van der Waals surface area contributed by atoms with Crippen LogP contribution in [-0.2, 0) is 6.61 Å². The van der Waals surface area contributed by atoms with Crippen LogP contribution in [0.3, 0.4) is 0 Å². The summed E-state index contributed by atoms with van der Waals surface area (Å²) in [5.41, 5.74) is 0.669. The number of aromatic nitrogens is 3. The number of aromatic amines is 1. The Labute approximate surface area is 69.9 Å². The Hall–Kier alpha value is -0.431. The Morgan fingerprint density at radius 3 is 2.90 bits per heavy atom. The van der Waals surface area contributed by atoms with E-state index in [0.717, 1.165) is 0 Å². The van der Waals surface area contributed by atoms with Gasteiger partial charge in [0.2, 0.25) is 0 Å². The second-order valence-corrected chi connectivity index (χ2v) is 3.16. The SMILES string of the molecule is O=[C]([SnH])c1nn[nH]c1CO. The molecule has 0 aliphatic rings. The Bertz CT molecular complexity index is 246. The predicted molar refractivity (Wildman–Crippen MR) is 33.8 cm³/mol. The van der Waals surface area contributed by atoms with E-state index in [9.17, 15) is 4.79 Å². The van der Waals surface area contributed by atoms with Gasteiger partial charge in [-0.05, 0) is 0 Å². The van der Waals surface area contributed by atoms with Crippen LogP contribution < -0.4 is 0 Å². The molecule has 0 saturated heterocycles. The first-order valence-electron chi connectivity index (χ1n) is 2.56. The summed E-state index contributed by atoms with van der Waals surface area (Å²) in [6, 6.07) is 0. The topological polar surface area (TPSA) is 78.9 Å². The first-order valence-corrected chi connectivity index (χ1v) is 4.21. The molecule has 5 nitrogen and oxygen atoms in total. The minimum atomic E-state index is -0.213. The van der Waals surface area contributed by atoms with Gasteiger partial charge < -0.3 is 0 Å². The number of aliphatic hydroxyl groups is 1. The molecule has 10 heavy (non-hydrogen) atoms. The van der Waals surface area contributed by atoms with Gasteiger partial charge in [-0.2, -0.15) is 0 Å². The van der Waals surface area contributed by atoms with Crippen LogP contribution in [0, 0.1) is 0 Å². The molecular formula is C4H5N3O2Sn. The Kier molecular flexibility index (Phi) is 2.38. The number of rotatable bonds is 2. The van der Waals surface area contributed by atoms with Crippen LogP contribution >= 0.6 is 0 Å². The number of carbonyl (C=O) groups is 1. The summed E-state index contributed by atoms with van der Waals surface area (Å²) in [4.78, 5) is 10.7. The fraction of sp³-hybridized carbons (Fsp3) is 0.250. The molecule has 1 heterocycles. The molecule has 0 aliphatic carbocycles. The van der Waals surface area contributed by atoms with E-state index in [4.69, 9.17) is 5.11 Å². The number of nitrogens with one attached hydrogen (secondary N) is 1. The maximum absolute atomic E-state index is 10.7. The maximum atomic E-state index is 10.7. The van der Waals surface area contributed by atoms with Gasteiger partial charge in [-0.3, -0.25) is 0 Å². The molecule has 1 aromatic rings. The summed E-state index contributed by atoms with van der Waals surface area (Å²) in [5.74, 6) is 0. The van der Waals surface area contributed by atoms with Crippen LogP contribution in [0.2, 0.25) is 0 Å². The van der Waals surface area contributed by atoms with Gasteiger partial charge in [0, 0.05) is 0 Å². The third-order valence-electron chi connectivity index (χ3n) is 1.01. The van der Waals surface area contributed by atoms with Crippen molar-refractivity contribution in [2.24, 2.45) is 0 Å². The quantitative estimate of drug-likeness (QED) is 0.612. The zero-order valence-corrected chi connectivity index (χ0v) is 8.33. The van der Waals surface area contributed by atoms with Crippen molar-refractivity contribution in [1.82, 2.24) is 15.4 Å². The molecular weight excluding hydrogens is 241 g/mol. The molecule has 0 atom stereocenters. The van der Waals surface area contributed by atoms with Crippen molar-refractivity contribution >= 4 is 26.3 Å². The van der Waals surface area contributed by atoms with Crippen LogP contribution in [0.1, 0.15) is 16.2 Å². The standard InChI is InChI=1S/C4H4N3O2.Sn.H/c8-1-3-4(2-9)6-7-5-3;;/h8H,1H2,(H,5,6,7);;. The van der Waals surface area contributed by atoms with Crippen LogP contribution in [0.4, 0.5) is 0 Å². The number of H-pyrrole nitrogens is 1. The molecule has 52 valence electrons. The molecule has 0 saturated carbocycles. The molecule has 6 heteroatoms. The second kappa shape index (κ2) is 3.11. The summed E-state index contributed by atoms with van der Waals surface area (Å²) < 4.78 is -0.0665. The van der Waals surface area contributed by atoms with Gasteiger partial charge in [0.15, 0.2) is 0 Å². The zero-order valence-electron chi connectivity index (χ0n) is 5.03. The molecule has 2 radical (unpaired) electrons. The van der Waals surface area contributed by atoms with Gasteiger partial charge in [-0.15, -0.1) is 0 Å². The van der Waals surface area contributed by atoms with Crippen LogP contribution in [0.25, 0.3) is 0 Å². The first-order chi connectivity index (χ1) is 4.75. The van der Waals surface area contributed by atoms with E-state index < -0.39 is 0 Å². The Morgan fingerprint density at radius 1 is 1.80 bits per heavy atom. The number of nitrogens with zero attached hydrogens (tertiary/aromatic N) is 2. The number of hydrogen-bond donors (Lipinski definition) is 2. The molecule has 1 rings (SSSR count). The zero-order chi connectivity index (χ0) is 7.56. The fourth-order valence-electron chi connectivity index (χ4n) is 0.557. The normalized spacial score (nSPS) is 9.80. The average molecular weight is 246 g/mol. The summed E-state index contributed by atoms with van der Waals surface area (Å²) >= 11 is 0.465. The number of aliphatic hydroxyl groups excluding tert-OH is 1. The van der Waals surface area contributed by atoms with Crippen molar-refractivity contribution in [3.8, 4) is 0 Å². The molecule has 0 bridgehead atoms. The van der Waals surface area contributed by atoms with E-state index >= 15 is 0 Å². The van der Waals surface area contributed by atoms with Crippen molar-refractivity contribution < 1.29 is 9.90 Å². The summed E-state index contributed by atoms with van der Waals surface area (Å²) in [6.45, 7) is -0.213. The fourth-order valence-corrected chi connectivity index (χ4v) is 1.22. The van der Waals surface area contributed by atoms with Crippen LogP contribution in [-0.4, -0.2) is 46.8 Å². The number of hydrogen-bond acceptors (Lipinski definition) is 4. The van der Waals surface area contributed by atoms with Gasteiger partial charge in [-0.1, -0.05) is 0 Å². The molecule has 0 amide bonds. The van der Waals surface area contributed by atoms with Crippen molar-refractivity contribution in [2.75, 3.05) is 0 Å². The molecule has 0 unspecified atom stereocenters. The number of carbonyl (C=O) groups excluding carboxylic acids is 1. The molecule has 1 aromatic heterocycles. The molecule has 0 fully saturated rings. The van der Waals surface area contributed by atoms with E-state index in [2.05, 4.69) is 15.4 Å². The van der Waals surface area contributed by atoms with E-state index in [-0.39, 0.29) is 16.1 Å². The summed E-state index contributed by atoms with van der Waals surface area (Å²) in [5, 5.41) is 17.9. The van der Waals surface area contributed by atoms with Crippen molar-refractivity contribution in [3.63, 3.8) is 0 Å². The second-order valence-electron chi connectivity index (χ2n) is 1.66. The summed E-state index contributed by atoms with van der Waals surface area (Å²) in [7, 11) is 0. The van der Waals surface area contributed by atoms with Gasteiger partial charge in [-0.25, -0.2) is 0 Å². The van der Waals surface area contributed by atoms with E-state index in [1.807, 2.05) is 0 Å². The van der Waals surface area contributed by atoms with E-state index in [1.54, 1.807) is 0 Å². The van der Waals surface area contributed by atoms with Crippen LogP contribution in [0.15, 0.2) is 0 Å². The van der Waals surface area contributed by atoms with Crippen molar-refractivity contribution in [1.29, 1.82) is 0 Å². The first kappa shape index (κ1) is 7.67. The average Bonchev–Trinajstić information content (AvgIpc) is 2.33. The molecule has 2 N–H and O–H groups in total. The third kappa shape index (κ3) is 1.35. The minimum absolute atomic E-state index is 0.0665. The van der Waals surface area contributed by atoms with Gasteiger partial charge >= 0.3 is 69.6 Å². The van der Waals surface area contributed by atoms with E-state index in [1.165, 1.54) is 0 Å². The summed E-state index contributed by atoms with van der Waals surface area (Å²) in [6.07, 6.45) is 0. The predicted octanol–water partition coefficient (Wildman–Crippen LogP) is -1.66. The van der Waals surface area contributed by atoms with Gasteiger partial charge in [0.25, 0.3) is 0 Å². The monoisotopic (exact) mass is 247 g/mol.